The first-order valence-corrected chi connectivity index (χ1v) is 5.48. The molecule has 20 heavy (non-hydrogen) atoms. The summed E-state index contributed by atoms with van der Waals surface area (Å²) < 4.78 is 58.6. The third-order valence-electron chi connectivity index (χ3n) is 2.57. The molecule has 0 bridgehead atoms. The predicted molar refractivity (Wildman–Crippen MR) is 66.9 cm³/mol. The van der Waals surface area contributed by atoms with Crippen molar-refractivity contribution in [2.24, 2.45) is 5.73 Å². The number of rotatable bonds is 4. The molecule has 0 aliphatic heterocycles. The number of aryl methyl sites for hydroxylation is 1. The monoisotopic (exact) mass is 315 g/mol. The van der Waals surface area contributed by atoms with Gasteiger partial charge in [-0.05, 0) is 25.5 Å². The van der Waals surface area contributed by atoms with Gasteiger partial charge in [0, 0.05) is 5.56 Å². The summed E-state index contributed by atoms with van der Waals surface area (Å²) in [5, 5.41) is 0. The van der Waals surface area contributed by atoms with Crippen molar-refractivity contribution in [2.45, 2.75) is 25.8 Å². The van der Waals surface area contributed by atoms with Gasteiger partial charge in [-0.2, -0.15) is 8.78 Å². The number of nitrogens with two attached hydrogens (primary N) is 1. The molecule has 3 nitrogen and oxygen atoms in total. The summed E-state index contributed by atoms with van der Waals surface area (Å²) in [6.07, 6.45) is 0. The van der Waals surface area contributed by atoms with Crippen LogP contribution in [0.15, 0.2) is 12.1 Å². The van der Waals surface area contributed by atoms with E-state index in [1.807, 2.05) is 0 Å². The number of halogens is 5. The van der Waals surface area contributed by atoms with Gasteiger partial charge < -0.3 is 10.5 Å². The van der Waals surface area contributed by atoms with Crippen molar-refractivity contribution in [1.29, 1.82) is 0 Å². The number of hydrogen-bond acceptors (Lipinski definition) is 3. The lowest BCUT2D eigenvalue weighted by atomic mass is 9.98. The predicted octanol–water partition coefficient (Wildman–Crippen LogP) is 2.89. The molecule has 114 valence electrons. The quantitative estimate of drug-likeness (QED) is 0.686. The molecule has 0 amide bonds. The van der Waals surface area contributed by atoms with Gasteiger partial charge in [-0.15, -0.1) is 12.4 Å². The summed E-state index contributed by atoms with van der Waals surface area (Å²) >= 11 is 0. The first-order valence-electron chi connectivity index (χ1n) is 5.48. The fourth-order valence-electron chi connectivity index (χ4n) is 1.50. The molecule has 2 N–H and O–H groups in total. The fourth-order valence-corrected chi connectivity index (χ4v) is 1.50. The van der Waals surface area contributed by atoms with Crippen molar-refractivity contribution in [3.05, 3.63) is 34.9 Å². The Labute approximate surface area is 119 Å². The van der Waals surface area contributed by atoms with Crippen LogP contribution in [0.5, 0.6) is 0 Å². The standard InChI is InChI=1S/C12H13F4NO2.ClH/c1-3-19-11(18)12(15,16)10(17)8-7(13)5-4-6(2)9(8)14;/h4-5,10H,3,17H2,1-2H3;1H/t10-;/m0./s1. The van der Waals surface area contributed by atoms with Crippen molar-refractivity contribution < 1.29 is 27.1 Å². The second kappa shape index (κ2) is 6.90. The van der Waals surface area contributed by atoms with Gasteiger partial charge in [-0.1, -0.05) is 6.07 Å². The number of alkyl halides is 2. The highest BCUT2D eigenvalue weighted by atomic mass is 35.5. The van der Waals surface area contributed by atoms with E-state index in [0.29, 0.717) is 0 Å². The minimum absolute atomic E-state index is 0. The van der Waals surface area contributed by atoms with E-state index in [1.54, 1.807) is 0 Å². The van der Waals surface area contributed by atoms with Crippen LogP contribution in [-0.2, 0) is 9.53 Å². The third kappa shape index (κ3) is 3.40. The molecule has 1 aromatic rings. The Hall–Kier alpha value is -1.34. The van der Waals surface area contributed by atoms with E-state index < -0.39 is 35.1 Å². The van der Waals surface area contributed by atoms with E-state index in [4.69, 9.17) is 5.73 Å². The van der Waals surface area contributed by atoms with Gasteiger partial charge >= 0.3 is 11.9 Å². The van der Waals surface area contributed by atoms with Crippen molar-refractivity contribution >= 4 is 18.4 Å². The second-order valence-corrected chi connectivity index (χ2v) is 3.91. The van der Waals surface area contributed by atoms with Crippen LogP contribution in [0.25, 0.3) is 0 Å². The summed E-state index contributed by atoms with van der Waals surface area (Å²) in [4.78, 5) is 11.1. The zero-order chi connectivity index (χ0) is 14.8. The molecule has 0 fully saturated rings. The number of esters is 1. The van der Waals surface area contributed by atoms with Gasteiger partial charge in [0.25, 0.3) is 0 Å². The van der Waals surface area contributed by atoms with E-state index in [2.05, 4.69) is 4.74 Å². The van der Waals surface area contributed by atoms with Gasteiger partial charge in [0.15, 0.2) is 0 Å². The van der Waals surface area contributed by atoms with Crippen LogP contribution >= 0.6 is 12.4 Å². The van der Waals surface area contributed by atoms with Crippen LogP contribution in [0.4, 0.5) is 17.6 Å². The Morgan fingerprint density at radius 1 is 1.40 bits per heavy atom. The smallest absolute Gasteiger partial charge is 0.379 e. The highest BCUT2D eigenvalue weighted by Gasteiger charge is 2.49. The van der Waals surface area contributed by atoms with E-state index in [1.165, 1.54) is 13.8 Å². The lowest BCUT2D eigenvalue weighted by Crippen LogP contribution is -2.42. The maximum absolute atomic E-state index is 13.7. The molecule has 0 unspecified atom stereocenters. The molecule has 0 aliphatic carbocycles. The SMILES string of the molecule is CCOC(=O)C(F)(F)[C@@H](N)c1c(F)ccc(C)c1F.Cl. The summed E-state index contributed by atoms with van der Waals surface area (Å²) in [5.74, 6) is -8.57. The molecule has 0 heterocycles. The number of benzene rings is 1. The molecular formula is C12H14ClF4NO2. The fraction of sp³-hybridized carbons (Fsp3) is 0.417. The van der Waals surface area contributed by atoms with E-state index >= 15 is 0 Å². The number of ether oxygens (including phenoxy) is 1. The van der Waals surface area contributed by atoms with Gasteiger partial charge in [0.1, 0.15) is 17.7 Å². The van der Waals surface area contributed by atoms with E-state index in [-0.39, 0.29) is 24.6 Å². The molecule has 1 aromatic carbocycles. The summed E-state index contributed by atoms with van der Waals surface area (Å²) in [7, 11) is 0. The first kappa shape index (κ1) is 18.7. The van der Waals surface area contributed by atoms with Crippen molar-refractivity contribution in [1.82, 2.24) is 0 Å². The normalized spacial score (nSPS) is 12.6. The highest BCUT2D eigenvalue weighted by Crippen LogP contribution is 2.34. The lowest BCUT2D eigenvalue weighted by molar-refractivity contribution is -0.175. The van der Waals surface area contributed by atoms with Crippen LogP contribution in [0.1, 0.15) is 24.1 Å². The molecular weight excluding hydrogens is 302 g/mol. The number of carbonyl (C=O) groups is 1. The maximum Gasteiger partial charge on any atom is 0.379 e. The third-order valence-corrected chi connectivity index (χ3v) is 2.57. The average Bonchev–Trinajstić information content (AvgIpc) is 2.34. The largest absolute Gasteiger partial charge is 0.462 e. The zero-order valence-electron chi connectivity index (χ0n) is 10.8. The molecule has 0 spiro atoms. The Kier molecular flexibility index (Phi) is 6.43. The van der Waals surface area contributed by atoms with Crippen molar-refractivity contribution in [2.75, 3.05) is 6.61 Å². The van der Waals surface area contributed by atoms with Crippen molar-refractivity contribution in [3.63, 3.8) is 0 Å². The van der Waals surface area contributed by atoms with Gasteiger partial charge in [-0.3, -0.25) is 0 Å². The van der Waals surface area contributed by atoms with Crippen molar-refractivity contribution in [3.8, 4) is 0 Å². The summed E-state index contributed by atoms with van der Waals surface area (Å²) in [5.41, 5.74) is 4.06. The number of hydrogen-bond donors (Lipinski definition) is 1. The molecule has 8 heteroatoms. The molecule has 1 rings (SSSR count). The molecule has 0 aromatic heterocycles. The minimum atomic E-state index is -4.22. The van der Waals surface area contributed by atoms with Crippen LogP contribution < -0.4 is 5.73 Å². The molecule has 0 saturated heterocycles. The van der Waals surface area contributed by atoms with Gasteiger partial charge in [-0.25, -0.2) is 13.6 Å². The van der Waals surface area contributed by atoms with Crippen LogP contribution in [0.2, 0.25) is 0 Å². The average molecular weight is 316 g/mol. The lowest BCUT2D eigenvalue weighted by Gasteiger charge is -2.23. The van der Waals surface area contributed by atoms with Gasteiger partial charge in [0.2, 0.25) is 0 Å². The van der Waals surface area contributed by atoms with E-state index in [0.717, 1.165) is 12.1 Å². The first-order chi connectivity index (χ1) is 8.73. The molecule has 1 atom stereocenters. The maximum atomic E-state index is 13.7. The molecule has 0 aliphatic rings. The second-order valence-electron chi connectivity index (χ2n) is 3.91. The minimum Gasteiger partial charge on any atom is -0.462 e. The molecule has 0 saturated carbocycles. The van der Waals surface area contributed by atoms with Crippen LogP contribution in [0.3, 0.4) is 0 Å². The zero-order valence-corrected chi connectivity index (χ0v) is 11.6. The van der Waals surface area contributed by atoms with Gasteiger partial charge in [0.05, 0.1) is 6.61 Å². The Balaban J connectivity index is 0.00000361. The summed E-state index contributed by atoms with van der Waals surface area (Å²) in [6, 6.07) is -0.551. The van der Waals surface area contributed by atoms with Crippen LogP contribution in [0, 0.1) is 18.6 Å². The topological polar surface area (TPSA) is 52.3 Å². The summed E-state index contributed by atoms with van der Waals surface area (Å²) in [6.45, 7) is 2.31. The Morgan fingerprint density at radius 2 is 1.95 bits per heavy atom. The number of carbonyl (C=O) groups excluding carboxylic acids is 1. The Bertz CT molecular complexity index is 497. The molecule has 0 radical (unpaired) electrons. The van der Waals surface area contributed by atoms with E-state index in [9.17, 15) is 22.4 Å². The Morgan fingerprint density at radius 3 is 2.45 bits per heavy atom. The van der Waals surface area contributed by atoms with Crippen LogP contribution in [-0.4, -0.2) is 18.5 Å². The highest BCUT2D eigenvalue weighted by molar-refractivity contribution is 5.85.